The van der Waals surface area contributed by atoms with Crippen molar-refractivity contribution in [3.05, 3.63) is 0 Å². The molecule has 0 aromatic heterocycles. The predicted octanol–water partition coefficient (Wildman–Crippen LogP) is 4.51. The van der Waals surface area contributed by atoms with Crippen molar-refractivity contribution in [2.45, 2.75) is 90.6 Å². The highest BCUT2D eigenvalue weighted by Crippen LogP contribution is 2.25. The topological polar surface area (TPSA) is 12.0 Å². The fourth-order valence-corrected chi connectivity index (χ4v) is 3.07. The molecule has 0 radical (unpaired) electrons. The normalized spacial score (nSPS) is 22.7. The Labute approximate surface area is 102 Å². The second-order valence-electron chi connectivity index (χ2n) is 5.60. The molecule has 1 unspecified atom stereocenters. The Bertz CT molecular complexity index is 159. The van der Waals surface area contributed by atoms with E-state index in [4.69, 9.17) is 0 Å². The summed E-state index contributed by atoms with van der Waals surface area (Å²) in [7, 11) is 0. The zero-order chi connectivity index (χ0) is 11.8. The van der Waals surface area contributed by atoms with Crippen molar-refractivity contribution < 1.29 is 0 Å². The fraction of sp³-hybridized carbons (Fsp3) is 1.00. The van der Waals surface area contributed by atoms with Crippen LogP contribution in [-0.2, 0) is 0 Å². The highest BCUT2D eigenvalue weighted by Gasteiger charge is 2.20. The summed E-state index contributed by atoms with van der Waals surface area (Å²) in [6.45, 7) is 7.02. The summed E-state index contributed by atoms with van der Waals surface area (Å²) in [5.74, 6) is 0.938. The van der Waals surface area contributed by atoms with Crippen molar-refractivity contribution in [2.24, 2.45) is 5.92 Å². The van der Waals surface area contributed by atoms with E-state index < -0.39 is 0 Å². The van der Waals surface area contributed by atoms with Gasteiger partial charge in [-0.2, -0.15) is 0 Å². The van der Waals surface area contributed by atoms with E-state index in [2.05, 4.69) is 26.1 Å². The van der Waals surface area contributed by atoms with Crippen molar-refractivity contribution >= 4 is 0 Å². The minimum absolute atomic E-state index is 0.731. The molecule has 0 heterocycles. The van der Waals surface area contributed by atoms with Crippen LogP contribution in [0.5, 0.6) is 0 Å². The highest BCUT2D eigenvalue weighted by atomic mass is 14.9. The molecule has 2 atom stereocenters. The maximum absolute atomic E-state index is 3.87. The average molecular weight is 225 g/mol. The van der Waals surface area contributed by atoms with Crippen LogP contribution in [0, 0.1) is 5.92 Å². The van der Waals surface area contributed by atoms with Gasteiger partial charge in [0, 0.05) is 12.1 Å². The minimum atomic E-state index is 0.731. The Hall–Kier alpha value is -0.0400. The molecule has 1 fully saturated rings. The Morgan fingerprint density at radius 1 is 1.06 bits per heavy atom. The molecule has 1 aliphatic rings. The lowest BCUT2D eigenvalue weighted by Gasteiger charge is -2.28. The van der Waals surface area contributed by atoms with Gasteiger partial charge >= 0.3 is 0 Å². The van der Waals surface area contributed by atoms with Crippen LogP contribution in [-0.4, -0.2) is 12.1 Å². The van der Waals surface area contributed by atoms with Crippen molar-refractivity contribution in [3.63, 3.8) is 0 Å². The predicted molar refractivity (Wildman–Crippen MR) is 72.8 cm³/mol. The van der Waals surface area contributed by atoms with E-state index in [1.807, 2.05) is 0 Å². The molecule has 96 valence electrons. The second-order valence-corrected chi connectivity index (χ2v) is 5.60. The first kappa shape index (κ1) is 14.0. The van der Waals surface area contributed by atoms with E-state index in [0.29, 0.717) is 0 Å². The Morgan fingerprint density at radius 2 is 1.69 bits per heavy atom. The van der Waals surface area contributed by atoms with Crippen molar-refractivity contribution in [1.29, 1.82) is 0 Å². The monoisotopic (exact) mass is 225 g/mol. The van der Waals surface area contributed by atoms with Gasteiger partial charge in [0.05, 0.1) is 0 Å². The summed E-state index contributed by atoms with van der Waals surface area (Å²) in [5.41, 5.74) is 0. The smallest absolute Gasteiger partial charge is 0.00695 e. The van der Waals surface area contributed by atoms with Crippen LogP contribution in [0.15, 0.2) is 0 Å². The zero-order valence-electron chi connectivity index (χ0n) is 11.6. The summed E-state index contributed by atoms with van der Waals surface area (Å²) in [4.78, 5) is 0. The van der Waals surface area contributed by atoms with Gasteiger partial charge in [0.1, 0.15) is 0 Å². The zero-order valence-corrected chi connectivity index (χ0v) is 11.6. The third-order valence-corrected chi connectivity index (χ3v) is 4.24. The fourth-order valence-electron chi connectivity index (χ4n) is 3.07. The van der Waals surface area contributed by atoms with Gasteiger partial charge < -0.3 is 5.32 Å². The van der Waals surface area contributed by atoms with Crippen molar-refractivity contribution in [2.75, 3.05) is 0 Å². The summed E-state index contributed by atoms with van der Waals surface area (Å²) in [6, 6.07) is 1.48. The number of nitrogens with one attached hydrogen (secondary N) is 1. The molecular weight excluding hydrogens is 194 g/mol. The molecular formula is C15H31N. The quantitative estimate of drug-likeness (QED) is 0.656. The first-order valence-corrected chi connectivity index (χ1v) is 7.54. The summed E-state index contributed by atoms with van der Waals surface area (Å²) in [6.07, 6.45) is 12.7. The van der Waals surface area contributed by atoms with Gasteiger partial charge in [0.2, 0.25) is 0 Å². The first-order chi connectivity index (χ1) is 7.77. The van der Waals surface area contributed by atoms with Crippen molar-refractivity contribution in [1.82, 2.24) is 5.32 Å². The number of rotatable bonds is 6. The maximum Gasteiger partial charge on any atom is 0.00695 e. The highest BCUT2D eigenvalue weighted by molar-refractivity contribution is 4.78. The largest absolute Gasteiger partial charge is 0.311 e. The third-order valence-electron chi connectivity index (χ3n) is 4.24. The molecule has 16 heavy (non-hydrogen) atoms. The van der Waals surface area contributed by atoms with Gasteiger partial charge in [-0.25, -0.2) is 0 Å². The Kier molecular flexibility index (Phi) is 7.11. The summed E-state index contributed by atoms with van der Waals surface area (Å²) >= 11 is 0. The van der Waals surface area contributed by atoms with Crippen LogP contribution in [0.1, 0.15) is 78.6 Å². The van der Waals surface area contributed by atoms with E-state index >= 15 is 0 Å². The summed E-state index contributed by atoms with van der Waals surface area (Å²) < 4.78 is 0. The van der Waals surface area contributed by atoms with Crippen LogP contribution >= 0.6 is 0 Å². The third kappa shape index (κ3) is 4.86. The van der Waals surface area contributed by atoms with Crippen LogP contribution < -0.4 is 5.32 Å². The minimum Gasteiger partial charge on any atom is -0.311 e. The van der Waals surface area contributed by atoms with Gasteiger partial charge in [0.25, 0.3) is 0 Å². The SMILES string of the molecule is CCCC(CC)N[C@H](C)C1CCCCCC1. The molecule has 0 aromatic rings. The molecule has 0 aliphatic heterocycles. The van der Waals surface area contributed by atoms with Gasteiger partial charge in [-0.15, -0.1) is 0 Å². The van der Waals surface area contributed by atoms with Gasteiger partial charge in [-0.3, -0.25) is 0 Å². The molecule has 1 N–H and O–H groups in total. The Morgan fingerprint density at radius 3 is 2.19 bits per heavy atom. The van der Waals surface area contributed by atoms with Crippen LogP contribution in [0.25, 0.3) is 0 Å². The molecule has 0 bridgehead atoms. The molecule has 1 nitrogen and oxygen atoms in total. The molecule has 0 aromatic carbocycles. The number of hydrogen-bond acceptors (Lipinski definition) is 1. The Balaban J connectivity index is 2.33. The average Bonchev–Trinajstić information content (AvgIpc) is 2.56. The lowest BCUT2D eigenvalue weighted by Crippen LogP contribution is -2.40. The van der Waals surface area contributed by atoms with Gasteiger partial charge in [-0.05, 0) is 38.5 Å². The standard InChI is InChI=1S/C15H31N/c1-4-10-15(5-2)16-13(3)14-11-8-6-7-9-12-14/h13-16H,4-12H2,1-3H3/t13-,15?/m1/s1. The molecule has 1 aliphatic carbocycles. The molecule has 1 rings (SSSR count). The van der Waals surface area contributed by atoms with Crippen LogP contribution in [0.3, 0.4) is 0 Å². The number of hydrogen-bond donors (Lipinski definition) is 1. The van der Waals surface area contributed by atoms with E-state index in [1.165, 1.54) is 57.8 Å². The first-order valence-electron chi connectivity index (χ1n) is 7.54. The molecule has 0 spiro atoms. The molecule has 1 heteroatoms. The van der Waals surface area contributed by atoms with E-state index in [9.17, 15) is 0 Å². The van der Waals surface area contributed by atoms with E-state index in [1.54, 1.807) is 0 Å². The van der Waals surface area contributed by atoms with Gasteiger partial charge in [-0.1, -0.05) is 46.0 Å². The van der Waals surface area contributed by atoms with Crippen LogP contribution in [0.2, 0.25) is 0 Å². The van der Waals surface area contributed by atoms with Gasteiger partial charge in [0.15, 0.2) is 0 Å². The summed E-state index contributed by atoms with van der Waals surface area (Å²) in [5, 5.41) is 3.87. The molecule has 0 saturated heterocycles. The molecule has 0 amide bonds. The second kappa shape index (κ2) is 8.11. The lowest BCUT2D eigenvalue weighted by atomic mass is 9.92. The van der Waals surface area contributed by atoms with Crippen LogP contribution in [0.4, 0.5) is 0 Å². The maximum atomic E-state index is 3.87. The van der Waals surface area contributed by atoms with Crippen molar-refractivity contribution in [3.8, 4) is 0 Å². The molecule has 1 saturated carbocycles. The lowest BCUT2D eigenvalue weighted by molar-refractivity contribution is 0.297. The van der Waals surface area contributed by atoms with E-state index in [0.717, 1.165) is 18.0 Å². The van der Waals surface area contributed by atoms with E-state index in [-0.39, 0.29) is 0 Å².